The molecule has 3 nitrogen and oxygen atoms in total. The fraction of sp³-hybridized carbons (Fsp3) is 1.00. The molecule has 128 valence electrons. The van der Waals surface area contributed by atoms with E-state index in [1.165, 1.54) is 44.9 Å². The molecule has 0 heterocycles. The van der Waals surface area contributed by atoms with Crippen molar-refractivity contribution >= 4 is 0 Å². The highest BCUT2D eigenvalue weighted by atomic mass is 16.9. The van der Waals surface area contributed by atoms with E-state index in [-0.39, 0.29) is 0 Å². The Bertz CT molecular complexity index is 216. The molecule has 0 aliphatic carbocycles. The highest BCUT2D eigenvalue weighted by molar-refractivity contribution is 4.72. The van der Waals surface area contributed by atoms with Crippen LogP contribution < -0.4 is 0 Å². The molecule has 0 fully saturated rings. The van der Waals surface area contributed by atoms with Crippen LogP contribution in [0.3, 0.4) is 0 Å². The predicted molar refractivity (Wildman–Crippen MR) is 89.3 cm³/mol. The third kappa shape index (κ3) is 8.18. The molecule has 3 heteroatoms. The Morgan fingerprint density at radius 3 is 1.71 bits per heavy atom. The van der Waals surface area contributed by atoms with Crippen molar-refractivity contribution in [3.05, 3.63) is 0 Å². The van der Waals surface area contributed by atoms with E-state index in [1.54, 1.807) is 21.3 Å². The van der Waals surface area contributed by atoms with Gasteiger partial charge in [0.05, 0.1) is 0 Å². The van der Waals surface area contributed by atoms with Gasteiger partial charge in [-0.3, -0.25) is 0 Å². The number of hydrogen-bond acceptors (Lipinski definition) is 3. The number of ether oxygens (including phenoxy) is 3. The van der Waals surface area contributed by atoms with Crippen LogP contribution in [-0.2, 0) is 14.2 Å². The molecule has 0 rings (SSSR count). The van der Waals surface area contributed by atoms with Crippen molar-refractivity contribution in [1.29, 1.82) is 0 Å². The van der Waals surface area contributed by atoms with Crippen LogP contribution >= 0.6 is 0 Å². The molecular formula is C18H38O3. The molecule has 0 spiro atoms. The Morgan fingerprint density at radius 1 is 0.714 bits per heavy atom. The minimum atomic E-state index is -0.877. The van der Waals surface area contributed by atoms with E-state index in [0.717, 1.165) is 12.8 Å². The van der Waals surface area contributed by atoms with E-state index in [2.05, 4.69) is 20.8 Å². The Kier molecular flexibility index (Phi) is 12.4. The first-order chi connectivity index (χ1) is 10.1. The first-order valence-corrected chi connectivity index (χ1v) is 8.71. The zero-order valence-corrected chi connectivity index (χ0v) is 15.2. The van der Waals surface area contributed by atoms with E-state index < -0.39 is 5.97 Å². The summed E-state index contributed by atoms with van der Waals surface area (Å²) in [6, 6.07) is 0. The zero-order chi connectivity index (χ0) is 16.1. The molecule has 0 radical (unpaired) electrons. The van der Waals surface area contributed by atoms with E-state index in [9.17, 15) is 0 Å². The van der Waals surface area contributed by atoms with Crippen LogP contribution in [0.4, 0.5) is 0 Å². The molecule has 1 unspecified atom stereocenters. The van der Waals surface area contributed by atoms with Crippen molar-refractivity contribution in [2.24, 2.45) is 11.8 Å². The lowest BCUT2D eigenvalue weighted by Gasteiger charge is -2.37. The van der Waals surface area contributed by atoms with Crippen LogP contribution in [0.2, 0.25) is 0 Å². The summed E-state index contributed by atoms with van der Waals surface area (Å²) in [5, 5.41) is 0. The number of hydrogen-bond donors (Lipinski definition) is 0. The van der Waals surface area contributed by atoms with Crippen LogP contribution in [0, 0.1) is 11.8 Å². The van der Waals surface area contributed by atoms with Gasteiger partial charge in [-0.05, 0) is 18.8 Å². The lowest BCUT2D eigenvalue weighted by Crippen LogP contribution is -2.44. The highest BCUT2D eigenvalue weighted by Gasteiger charge is 2.39. The van der Waals surface area contributed by atoms with Gasteiger partial charge in [-0.1, -0.05) is 65.7 Å². The summed E-state index contributed by atoms with van der Waals surface area (Å²) in [5.74, 6) is 0.115. The van der Waals surface area contributed by atoms with Crippen molar-refractivity contribution in [3.63, 3.8) is 0 Å². The number of rotatable bonds is 14. The first kappa shape index (κ1) is 20.9. The maximum atomic E-state index is 5.58. The fourth-order valence-electron chi connectivity index (χ4n) is 2.95. The van der Waals surface area contributed by atoms with Crippen LogP contribution in [0.5, 0.6) is 0 Å². The second-order valence-corrected chi connectivity index (χ2v) is 6.44. The van der Waals surface area contributed by atoms with Gasteiger partial charge in [-0.2, -0.15) is 0 Å². The largest absolute Gasteiger partial charge is 0.331 e. The molecule has 0 bridgehead atoms. The topological polar surface area (TPSA) is 27.7 Å². The predicted octanol–water partition coefficient (Wildman–Crippen LogP) is 5.38. The van der Waals surface area contributed by atoms with Gasteiger partial charge in [0.15, 0.2) is 0 Å². The molecular weight excluding hydrogens is 264 g/mol. The lowest BCUT2D eigenvalue weighted by atomic mass is 9.90. The summed E-state index contributed by atoms with van der Waals surface area (Å²) < 4.78 is 16.7. The van der Waals surface area contributed by atoms with Gasteiger partial charge in [0, 0.05) is 27.2 Å². The quantitative estimate of drug-likeness (QED) is 0.318. The van der Waals surface area contributed by atoms with Crippen molar-refractivity contribution in [3.8, 4) is 0 Å². The monoisotopic (exact) mass is 302 g/mol. The van der Waals surface area contributed by atoms with Crippen LogP contribution in [0.25, 0.3) is 0 Å². The SMILES string of the molecule is CCCCCCCCC(CCC(C)C)C(OC)(OC)OC. The van der Waals surface area contributed by atoms with E-state index in [0.29, 0.717) is 11.8 Å². The van der Waals surface area contributed by atoms with E-state index in [4.69, 9.17) is 14.2 Å². The molecule has 0 aliphatic heterocycles. The summed E-state index contributed by atoms with van der Waals surface area (Å²) >= 11 is 0. The minimum Gasteiger partial charge on any atom is -0.331 e. The van der Waals surface area contributed by atoms with Gasteiger partial charge in [0.25, 0.3) is 5.97 Å². The van der Waals surface area contributed by atoms with Gasteiger partial charge >= 0.3 is 0 Å². The second-order valence-electron chi connectivity index (χ2n) is 6.44. The number of methoxy groups -OCH3 is 3. The summed E-state index contributed by atoms with van der Waals surface area (Å²) in [6.45, 7) is 6.78. The lowest BCUT2D eigenvalue weighted by molar-refractivity contribution is -0.380. The summed E-state index contributed by atoms with van der Waals surface area (Å²) in [7, 11) is 5.03. The van der Waals surface area contributed by atoms with Crippen LogP contribution in [-0.4, -0.2) is 27.3 Å². The molecule has 0 N–H and O–H groups in total. The van der Waals surface area contributed by atoms with Crippen LogP contribution in [0.15, 0.2) is 0 Å². The number of unbranched alkanes of at least 4 members (excludes halogenated alkanes) is 5. The van der Waals surface area contributed by atoms with Crippen molar-refractivity contribution < 1.29 is 14.2 Å². The molecule has 0 aromatic carbocycles. The molecule has 0 aromatic rings. The molecule has 0 saturated heterocycles. The molecule has 0 aromatic heterocycles. The van der Waals surface area contributed by atoms with Gasteiger partial charge in [-0.25, -0.2) is 0 Å². The molecule has 0 saturated carbocycles. The van der Waals surface area contributed by atoms with Gasteiger partial charge in [0.1, 0.15) is 0 Å². The normalized spacial score (nSPS) is 13.9. The average Bonchev–Trinajstić information content (AvgIpc) is 2.49. The first-order valence-electron chi connectivity index (χ1n) is 8.71. The standard InChI is InChI=1S/C18H38O3/c1-7-8-9-10-11-12-13-17(15-14-16(2)3)18(19-4,20-5)21-6/h16-17H,7-15H2,1-6H3. The van der Waals surface area contributed by atoms with Crippen LogP contribution in [0.1, 0.15) is 78.6 Å². The molecule has 0 aliphatic rings. The third-order valence-corrected chi connectivity index (χ3v) is 4.35. The Balaban J connectivity index is 4.37. The Hall–Kier alpha value is -0.120. The maximum Gasteiger partial charge on any atom is 0.285 e. The third-order valence-electron chi connectivity index (χ3n) is 4.35. The summed E-state index contributed by atoms with van der Waals surface area (Å²) in [6.07, 6.45) is 11.2. The maximum absolute atomic E-state index is 5.58. The highest BCUT2D eigenvalue weighted by Crippen LogP contribution is 2.33. The molecule has 0 amide bonds. The fourth-order valence-corrected chi connectivity index (χ4v) is 2.95. The molecule has 1 atom stereocenters. The Labute approximate surface area is 132 Å². The molecule has 21 heavy (non-hydrogen) atoms. The zero-order valence-electron chi connectivity index (χ0n) is 15.2. The van der Waals surface area contributed by atoms with E-state index >= 15 is 0 Å². The average molecular weight is 302 g/mol. The summed E-state index contributed by atoms with van der Waals surface area (Å²) in [4.78, 5) is 0. The van der Waals surface area contributed by atoms with E-state index in [1.807, 2.05) is 0 Å². The smallest absolute Gasteiger partial charge is 0.285 e. The van der Waals surface area contributed by atoms with Gasteiger partial charge in [-0.15, -0.1) is 0 Å². The van der Waals surface area contributed by atoms with Gasteiger partial charge < -0.3 is 14.2 Å². The van der Waals surface area contributed by atoms with Gasteiger partial charge in [0.2, 0.25) is 0 Å². The minimum absolute atomic E-state index is 0.297. The van der Waals surface area contributed by atoms with Crippen molar-refractivity contribution in [2.45, 2.75) is 84.5 Å². The summed E-state index contributed by atoms with van der Waals surface area (Å²) in [5.41, 5.74) is 0. The second kappa shape index (κ2) is 12.4. The Morgan fingerprint density at radius 2 is 1.24 bits per heavy atom. The van der Waals surface area contributed by atoms with Crippen molar-refractivity contribution in [1.82, 2.24) is 0 Å². The van der Waals surface area contributed by atoms with Crippen molar-refractivity contribution in [2.75, 3.05) is 21.3 Å².